The number of carbonyl (C=O) groups is 1. The molecule has 0 fully saturated rings. The van der Waals surface area contributed by atoms with E-state index in [1.165, 1.54) is 23.5 Å². The first-order chi connectivity index (χ1) is 16.3. The van der Waals surface area contributed by atoms with Crippen LogP contribution in [0.2, 0.25) is 0 Å². The average molecular weight is 477 g/mol. The van der Waals surface area contributed by atoms with E-state index in [2.05, 4.69) is 15.3 Å². The van der Waals surface area contributed by atoms with E-state index in [1.807, 2.05) is 54.6 Å². The molecule has 1 amide bonds. The minimum atomic E-state index is -3.71. The number of rotatable bonds is 8. The van der Waals surface area contributed by atoms with Crippen molar-refractivity contribution in [2.24, 2.45) is 0 Å². The molecule has 4 rings (SSSR count). The zero-order chi connectivity index (χ0) is 24.3. The molecule has 0 radical (unpaired) electrons. The summed E-state index contributed by atoms with van der Waals surface area (Å²) in [4.78, 5) is 21.3. The number of nitrogens with one attached hydrogen (secondary N) is 2. The summed E-state index contributed by atoms with van der Waals surface area (Å²) in [5.41, 5.74) is 3.01. The summed E-state index contributed by atoms with van der Waals surface area (Å²) >= 11 is 0. The Balaban J connectivity index is 1.64. The van der Waals surface area contributed by atoms with Crippen molar-refractivity contribution in [3.8, 4) is 0 Å². The van der Waals surface area contributed by atoms with Gasteiger partial charge in [-0.2, -0.15) is 4.31 Å². The van der Waals surface area contributed by atoms with Gasteiger partial charge in [-0.05, 0) is 56.2 Å². The van der Waals surface area contributed by atoms with Crippen LogP contribution in [0.15, 0.2) is 83.8 Å². The summed E-state index contributed by atoms with van der Waals surface area (Å²) in [7, 11) is -2.17. The number of sulfonamides is 1. The van der Waals surface area contributed by atoms with Crippen LogP contribution in [0, 0.1) is 0 Å². The van der Waals surface area contributed by atoms with Crippen LogP contribution >= 0.6 is 0 Å². The topological polar surface area (TPSA) is 95.2 Å². The SMILES string of the molecule is CC(C)N(C)S(=O)(=O)c1cccc(C(=O)N[C@@H](Cc2ccccc2)c2nc3ccccc3[nH]2)c1. The summed E-state index contributed by atoms with van der Waals surface area (Å²) in [6.07, 6.45) is 0.528. The average Bonchev–Trinajstić information content (AvgIpc) is 3.28. The molecule has 0 aliphatic carbocycles. The van der Waals surface area contributed by atoms with Crippen LogP contribution in [-0.4, -0.2) is 41.7 Å². The molecule has 0 unspecified atom stereocenters. The number of hydrogen-bond acceptors (Lipinski definition) is 4. The lowest BCUT2D eigenvalue weighted by Crippen LogP contribution is -2.33. The molecule has 176 valence electrons. The highest BCUT2D eigenvalue weighted by atomic mass is 32.2. The van der Waals surface area contributed by atoms with Gasteiger partial charge in [-0.1, -0.05) is 48.5 Å². The molecule has 0 saturated heterocycles. The Labute approximate surface area is 199 Å². The van der Waals surface area contributed by atoms with Gasteiger partial charge in [0.25, 0.3) is 5.91 Å². The van der Waals surface area contributed by atoms with Gasteiger partial charge in [0.15, 0.2) is 0 Å². The second kappa shape index (κ2) is 9.79. The molecule has 0 aliphatic heterocycles. The van der Waals surface area contributed by atoms with Crippen molar-refractivity contribution in [3.63, 3.8) is 0 Å². The van der Waals surface area contributed by atoms with E-state index in [-0.39, 0.29) is 22.4 Å². The van der Waals surface area contributed by atoms with E-state index < -0.39 is 16.1 Å². The third-order valence-corrected chi connectivity index (χ3v) is 7.86. The quantitative estimate of drug-likeness (QED) is 0.396. The standard InChI is InChI=1S/C26H28N4O3S/c1-18(2)30(3)34(32,33)21-13-9-12-20(17-21)26(31)29-24(16-19-10-5-4-6-11-19)25-27-22-14-7-8-15-23(22)28-25/h4-15,17-18,24H,16H2,1-3H3,(H,27,28)(H,29,31)/t24-/m0/s1. The van der Waals surface area contributed by atoms with Crippen LogP contribution in [0.1, 0.15) is 41.6 Å². The third kappa shape index (κ3) is 5.03. The molecule has 1 atom stereocenters. The molecule has 0 bridgehead atoms. The molecule has 34 heavy (non-hydrogen) atoms. The van der Waals surface area contributed by atoms with E-state index in [0.29, 0.717) is 12.2 Å². The number of carbonyl (C=O) groups excluding carboxylic acids is 1. The molecule has 4 aromatic rings. The Hall–Kier alpha value is -3.49. The smallest absolute Gasteiger partial charge is 0.251 e. The first-order valence-electron chi connectivity index (χ1n) is 11.1. The monoisotopic (exact) mass is 476 g/mol. The number of para-hydroxylation sites is 2. The maximum Gasteiger partial charge on any atom is 0.251 e. The number of aromatic nitrogens is 2. The van der Waals surface area contributed by atoms with E-state index in [4.69, 9.17) is 0 Å². The normalized spacial score (nSPS) is 12.9. The first kappa shape index (κ1) is 23.7. The minimum absolute atomic E-state index is 0.0831. The summed E-state index contributed by atoms with van der Waals surface area (Å²) in [6.45, 7) is 3.60. The largest absolute Gasteiger partial charge is 0.342 e. The van der Waals surface area contributed by atoms with Crippen LogP contribution < -0.4 is 5.32 Å². The molecule has 1 heterocycles. The van der Waals surface area contributed by atoms with Crippen LogP contribution in [0.4, 0.5) is 0 Å². The maximum absolute atomic E-state index is 13.3. The molecule has 0 spiro atoms. The number of hydrogen-bond donors (Lipinski definition) is 2. The molecular formula is C26H28N4O3S. The first-order valence-corrected chi connectivity index (χ1v) is 12.6. The van der Waals surface area contributed by atoms with Crippen molar-refractivity contribution in [3.05, 3.63) is 95.8 Å². The van der Waals surface area contributed by atoms with Crippen LogP contribution in [0.25, 0.3) is 11.0 Å². The molecule has 8 heteroatoms. The second-order valence-corrected chi connectivity index (χ2v) is 10.5. The van der Waals surface area contributed by atoms with Crippen molar-refractivity contribution in [2.45, 2.75) is 37.2 Å². The zero-order valence-electron chi connectivity index (χ0n) is 19.4. The van der Waals surface area contributed by atoms with E-state index in [1.54, 1.807) is 26.0 Å². The van der Waals surface area contributed by atoms with Gasteiger partial charge in [-0.3, -0.25) is 4.79 Å². The number of fused-ring (bicyclic) bond motifs is 1. The summed E-state index contributed by atoms with van der Waals surface area (Å²) in [5, 5.41) is 3.05. The third-order valence-electron chi connectivity index (χ3n) is 5.83. The van der Waals surface area contributed by atoms with E-state index in [0.717, 1.165) is 16.6 Å². The Morgan fingerprint density at radius 1 is 1.00 bits per heavy atom. The van der Waals surface area contributed by atoms with Gasteiger partial charge < -0.3 is 10.3 Å². The van der Waals surface area contributed by atoms with Gasteiger partial charge in [-0.25, -0.2) is 13.4 Å². The van der Waals surface area contributed by atoms with Crippen LogP contribution in [0.3, 0.4) is 0 Å². The summed E-state index contributed by atoms with van der Waals surface area (Å²) < 4.78 is 27.1. The van der Waals surface area contributed by atoms with Crippen molar-refractivity contribution in [1.82, 2.24) is 19.6 Å². The predicted molar refractivity (Wildman–Crippen MR) is 133 cm³/mol. The molecule has 3 aromatic carbocycles. The van der Waals surface area contributed by atoms with Gasteiger partial charge in [0, 0.05) is 18.7 Å². The molecule has 0 aliphatic rings. The zero-order valence-corrected chi connectivity index (χ0v) is 20.2. The second-order valence-electron chi connectivity index (χ2n) is 8.50. The fraction of sp³-hybridized carbons (Fsp3) is 0.231. The van der Waals surface area contributed by atoms with Gasteiger partial charge >= 0.3 is 0 Å². The minimum Gasteiger partial charge on any atom is -0.342 e. The maximum atomic E-state index is 13.3. The molecular weight excluding hydrogens is 448 g/mol. The summed E-state index contributed by atoms with van der Waals surface area (Å²) in [5.74, 6) is 0.271. The lowest BCUT2D eigenvalue weighted by molar-refractivity contribution is 0.0934. The van der Waals surface area contributed by atoms with Crippen molar-refractivity contribution < 1.29 is 13.2 Å². The summed E-state index contributed by atoms with van der Waals surface area (Å²) in [6, 6.07) is 23.0. The number of aromatic amines is 1. The Kier molecular flexibility index (Phi) is 6.81. The van der Waals surface area contributed by atoms with Crippen molar-refractivity contribution in [1.29, 1.82) is 0 Å². The Morgan fingerprint density at radius 3 is 2.41 bits per heavy atom. The fourth-order valence-electron chi connectivity index (χ4n) is 3.69. The number of imidazole rings is 1. The number of amides is 1. The molecule has 1 aromatic heterocycles. The van der Waals surface area contributed by atoms with Crippen LogP contribution in [-0.2, 0) is 16.4 Å². The van der Waals surface area contributed by atoms with Gasteiger partial charge in [0.2, 0.25) is 10.0 Å². The van der Waals surface area contributed by atoms with Gasteiger partial charge in [-0.15, -0.1) is 0 Å². The van der Waals surface area contributed by atoms with Crippen molar-refractivity contribution >= 4 is 27.0 Å². The fourth-order valence-corrected chi connectivity index (χ4v) is 5.10. The Morgan fingerprint density at radius 2 is 1.71 bits per heavy atom. The van der Waals surface area contributed by atoms with E-state index >= 15 is 0 Å². The predicted octanol–water partition coefficient (Wildman–Crippen LogP) is 4.31. The van der Waals surface area contributed by atoms with E-state index in [9.17, 15) is 13.2 Å². The number of H-pyrrole nitrogens is 1. The van der Waals surface area contributed by atoms with Crippen molar-refractivity contribution in [2.75, 3.05) is 7.05 Å². The Bertz CT molecular complexity index is 1360. The number of nitrogens with zero attached hydrogens (tertiary/aromatic N) is 2. The van der Waals surface area contributed by atoms with Gasteiger partial charge in [0.1, 0.15) is 5.82 Å². The highest BCUT2D eigenvalue weighted by Crippen LogP contribution is 2.22. The van der Waals surface area contributed by atoms with Gasteiger partial charge in [0.05, 0.1) is 22.0 Å². The lowest BCUT2D eigenvalue weighted by atomic mass is 10.0. The van der Waals surface area contributed by atoms with Crippen LogP contribution in [0.5, 0.6) is 0 Å². The molecule has 0 saturated carbocycles. The molecule has 2 N–H and O–H groups in total. The highest BCUT2D eigenvalue weighted by Gasteiger charge is 2.25. The molecule has 7 nitrogen and oxygen atoms in total. The number of benzene rings is 3. The highest BCUT2D eigenvalue weighted by molar-refractivity contribution is 7.89. The lowest BCUT2D eigenvalue weighted by Gasteiger charge is -2.21.